The van der Waals surface area contributed by atoms with E-state index in [4.69, 9.17) is 0 Å². The van der Waals surface area contributed by atoms with Crippen LogP contribution in [-0.2, 0) is 17.1 Å². The molecule has 0 saturated carbocycles. The van der Waals surface area contributed by atoms with Crippen LogP contribution >= 0.6 is 0 Å². The molecule has 0 bridgehead atoms. The molecule has 0 saturated heterocycles. The normalized spacial score (nSPS) is 0. The second kappa shape index (κ2) is 92.7. The van der Waals surface area contributed by atoms with Crippen molar-refractivity contribution in [3.63, 3.8) is 0 Å². The van der Waals surface area contributed by atoms with Crippen LogP contribution in [0.1, 0.15) is 0 Å². The molecule has 0 amide bonds. The van der Waals surface area contributed by atoms with Gasteiger partial charge in [0.15, 0.2) is 0 Å². The maximum atomic E-state index is 0. The zero-order valence-corrected chi connectivity index (χ0v) is 11.0. The smallest absolute Gasteiger partial charge is 0 e. The second-order valence-electron chi connectivity index (χ2n) is 0. The first-order chi connectivity index (χ1) is 0. The Balaban J connectivity index is 0. The van der Waals surface area contributed by atoms with Gasteiger partial charge in [-0.2, -0.15) is 0 Å². The summed E-state index contributed by atoms with van der Waals surface area (Å²) < 4.78 is 0. The minimum Gasteiger partial charge on any atom is -0.870 e. The zero-order chi connectivity index (χ0) is 0. The van der Waals surface area contributed by atoms with E-state index in [-0.39, 0.29) is 114 Å². The van der Waals surface area contributed by atoms with Crippen molar-refractivity contribution in [3.8, 4) is 0 Å². The zero-order valence-electron chi connectivity index (χ0n) is 4.53. The fourth-order valence-corrected chi connectivity index (χ4v) is 0. The SMILES string of the molecule is O.O.[Al].[Cu].[Mg].[Na].[OH-].[Si]. The molecule has 0 aliphatic carbocycles. The van der Waals surface area contributed by atoms with E-state index in [0.717, 1.165) is 0 Å². The van der Waals surface area contributed by atoms with Crippen molar-refractivity contribution in [1.29, 1.82) is 0 Å². The molecular formula is H5AlCuMgNaO3Si-. The van der Waals surface area contributed by atoms with Gasteiger partial charge in [0.25, 0.3) is 0 Å². The van der Waals surface area contributed by atoms with Crippen molar-refractivity contribution in [2.45, 2.75) is 0 Å². The molecule has 0 rings (SSSR count). The minimum absolute atomic E-state index is 0. The fourth-order valence-electron chi connectivity index (χ4n) is 0. The average molecular weight is 219 g/mol. The fraction of sp³-hybridized carbons (Fsp3) is 0. The van der Waals surface area contributed by atoms with E-state index in [9.17, 15) is 0 Å². The van der Waals surface area contributed by atoms with Crippen LogP contribution in [0.3, 0.4) is 0 Å². The monoisotopic (exact) mass is 218 g/mol. The van der Waals surface area contributed by atoms with Gasteiger partial charge in [-0.1, -0.05) is 0 Å². The Bertz CT molecular complexity index is 19.2. The van der Waals surface area contributed by atoms with Crippen LogP contribution in [-0.4, -0.2) is 97.4 Å². The Kier molecular flexibility index (Phi) is 1460. The summed E-state index contributed by atoms with van der Waals surface area (Å²) in [6, 6.07) is 0. The molecule has 5 N–H and O–H groups in total. The molecule has 8 heavy (non-hydrogen) atoms. The van der Waals surface area contributed by atoms with Crippen LogP contribution in [0.2, 0.25) is 0 Å². The third-order valence-electron chi connectivity index (χ3n) is 0. The summed E-state index contributed by atoms with van der Waals surface area (Å²) in [6.45, 7) is 0. The summed E-state index contributed by atoms with van der Waals surface area (Å²) in [5, 5.41) is 0. The van der Waals surface area contributed by atoms with Crippen molar-refractivity contribution < 1.29 is 33.5 Å². The number of hydrogen-bond donors (Lipinski definition) is 0. The topological polar surface area (TPSA) is 93.0 Å². The van der Waals surface area contributed by atoms with Gasteiger partial charge in [0.1, 0.15) is 0 Å². The predicted octanol–water partition coefficient (Wildman–Crippen LogP) is -3.35. The van der Waals surface area contributed by atoms with Gasteiger partial charge in [-0.25, -0.2) is 0 Å². The van der Waals surface area contributed by atoms with E-state index in [0.29, 0.717) is 0 Å². The Morgan fingerprint density at radius 1 is 0.875 bits per heavy atom. The maximum absolute atomic E-state index is 0. The molecule has 0 fully saturated rings. The quantitative estimate of drug-likeness (QED) is 0.391. The first-order valence-electron chi connectivity index (χ1n) is 0. The van der Waals surface area contributed by atoms with Gasteiger partial charge < -0.3 is 16.4 Å². The molecule has 0 heterocycles. The molecule has 0 atom stereocenters. The van der Waals surface area contributed by atoms with Crippen molar-refractivity contribution in [2.75, 3.05) is 0 Å². The Hall–Kier alpha value is 2.92. The van der Waals surface area contributed by atoms with Crippen molar-refractivity contribution >= 4 is 80.9 Å². The van der Waals surface area contributed by atoms with Gasteiger partial charge in [0, 0.05) is 98.0 Å². The first kappa shape index (κ1) is 126. The molecule has 3 nitrogen and oxygen atoms in total. The third-order valence-corrected chi connectivity index (χ3v) is 0. The van der Waals surface area contributed by atoms with Gasteiger partial charge in [-0.05, 0) is 0 Å². The van der Waals surface area contributed by atoms with Crippen molar-refractivity contribution in [1.82, 2.24) is 0 Å². The van der Waals surface area contributed by atoms with E-state index >= 15 is 0 Å². The Morgan fingerprint density at radius 2 is 0.875 bits per heavy atom. The second-order valence-corrected chi connectivity index (χ2v) is 0. The van der Waals surface area contributed by atoms with E-state index in [1.165, 1.54) is 0 Å². The van der Waals surface area contributed by atoms with Gasteiger partial charge in [-0.15, -0.1) is 0 Å². The van der Waals surface area contributed by atoms with Crippen molar-refractivity contribution in [2.24, 2.45) is 0 Å². The molecular weight excluding hydrogens is 214 g/mol. The largest absolute Gasteiger partial charge is 0.870 e. The molecule has 11 radical (unpaired) electrons. The molecule has 0 aromatic heterocycles. The molecule has 0 aromatic carbocycles. The molecule has 0 unspecified atom stereocenters. The van der Waals surface area contributed by atoms with Crippen LogP contribution in [0, 0.1) is 0 Å². The first-order valence-corrected chi connectivity index (χ1v) is 0. The van der Waals surface area contributed by atoms with Crippen LogP contribution < -0.4 is 0 Å². The number of rotatable bonds is 0. The third kappa shape index (κ3) is 65.7. The van der Waals surface area contributed by atoms with Gasteiger partial charge in [0.05, 0.1) is 0 Å². The van der Waals surface area contributed by atoms with E-state index in [1.54, 1.807) is 0 Å². The average Bonchev–Trinajstić information content (AvgIpc) is 0. The summed E-state index contributed by atoms with van der Waals surface area (Å²) in [5.41, 5.74) is 0. The summed E-state index contributed by atoms with van der Waals surface area (Å²) in [6.07, 6.45) is 0. The van der Waals surface area contributed by atoms with E-state index in [2.05, 4.69) is 0 Å². The van der Waals surface area contributed by atoms with Crippen LogP contribution in [0.15, 0.2) is 0 Å². The molecule has 0 spiro atoms. The number of hydrogen-bond acceptors (Lipinski definition) is 1. The molecule has 8 heteroatoms. The standard InChI is InChI=1S/Al.Cu.Mg.Na.3H2O.Si/h;;;;3*1H2;/p-1. The summed E-state index contributed by atoms with van der Waals surface area (Å²) in [5.74, 6) is 0. The van der Waals surface area contributed by atoms with Gasteiger partial charge >= 0.3 is 0 Å². The summed E-state index contributed by atoms with van der Waals surface area (Å²) in [7, 11) is 0. The predicted molar refractivity (Wildman–Crippen MR) is 32.2 cm³/mol. The summed E-state index contributed by atoms with van der Waals surface area (Å²) in [4.78, 5) is 0. The van der Waals surface area contributed by atoms with E-state index in [1.807, 2.05) is 0 Å². The molecule has 0 aliphatic heterocycles. The molecule has 0 aromatic rings. The van der Waals surface area contributed by atoms with Crippen LogP contribution in [0.5, 0.6) is 0 Å². The van der Waals surface area contributed by atoms with Crippen LogP contribution in [0.25, 0.3) is 0 Å². The van der Waals surface area contributed by atoms with Crippen LogP contribution in [0.4, 0.5) is 0 Å². The van der Waals surface area contributed by atoms with Crippen molar-refractivity contribution in [3.05, 3.63) is 0 Å². The minimum atomic E-state index is 0. The molecule has 0 aliphatic rings. The Morgan fingerprint density at radius 3 is 0.875 bits per heavy atom. The van der Waals surface area contributed by atoms with Gasteiger partial charge in [-0.3, -0.25) is 0 Å². The molecule has 45 valence electrons. The maximum Gasteiger partial charge on any atom is 0 e. The Labute approximate surface area is 113 Å². The summed E-state index contributed by atoms with van der Waals surface area (Å²) >= 11 is 0. The van der Waals surface area contributed by atoms with Gasteiger partial charge in [0.2, 0.25) is 0 Å². The van der Waals surface area contributed by atoms with E-state index < -0.39 is 0 Å².